The van der Waals surface area contributed by atoms with Crippen molar-refractivity contribution in [3.8, 4) is 5.88 Å². The van der Waals surface area contributed by atoms with Crippen molar-refractivity contribution in [1.82, 2.24) is 14.9 Å². The molecule has 0 bridgehead atoms. The lowest BCUT2D eigenvalue weighted by molar-refractivity contribution is -0.130. The molecule has 3 rings (SSSR count). The molecule has 5 nitrogen and oxygen atoms in total. The first-order chi connectivity index (χ1) is 11.6. The van der Waals surface area contributed by atoms with Crippen LogP contribution in [0.4, 0.5) is 0 Å². The quantitative estimate of drug-likeness (QED) is 0.835. The topological polar surface area (TPSA) is 55.3 Å². The highest BCUT2D eigenvalue weighted by Crippen LogP contribution is 2.18. The maximum Gasteiger partial charge on any atom is 0.223 e. The van der Waals surface area contributed by atoms with Gasteiger partial charge in [0.05, 0.1) is 6.54 Å². The molecule has 1 atom stereocenters. The van der Waals surface area contributed by atoms with Crippen LogP contribution in [0.2, 0.25) is 5.02 Å². The van der Waals surface area contributed by atoms with E-state index >= 15 is 0 Å². The second kappa shape index (κ2) is 7.62. The van der Waals surface area contributed by atoms with Gasteiger partial charge >= 0.3 is 0 Å². The van der Waals surface area contributed by atoms with Gasteiger partial charge in [-0.2, -0.15) is 4.98 Å². The van der Waals surface area contributed by atoms with Crippen LogP contribution in [0.15, 0.2) is 36.5 Å². The number of hydrogen-bond acceptors (Lipinski definition) is 4. The number of aryl methyl sites for hydroxylation is 2. The van der Waals surface area contributed by atoms with E-state index in [1.165, 1.54) is 0 Å². The van der Waals surface area contributed by atoms with Crippen molar-refractivity contribution in [2.45, 2.75) is 32.3 Å². The summed E-state index contributed by atoms with van der Waals surface area (Å²) >= 11 is 5.97. The van der Waals surface area contributed by atoms with Gasteiger partial charge in [-0.15, -0.1) is 0 Å². The Bertz CT molecular complexity index is 723. The minimum atomic E-state index is -0.00517. The van der Waals surface area contributed by atoms with Crippen LogP contribution in [-0.4, -0.2) is 40.0 Å². The van der Waals surface area contributed by atoms with Crippen LogP contribution in [0.25, 0.3) is 0 Å². The van der Waals surface area contributed by atoms with Crippen molar-refractivity contribution >= 4 is 17.5 Å². The minimum absolute atomic E-state index is 0.00517. The standard InChI is InChI=1S/C18H20ClN3O2/c1-13-20-9-7-17(21-13)24-16-8-10-22(12-16)18(23)6-5-14-3-2-4-15(19)11-14/h2-4,7,9,11,16H,5-6,8,10,12H2,1H3/t16-/m1/s1. The Morgan fingerprint density at radius 2 is 2.29 bits per heavy atom. The zero-order chi connectivity index (χ0) is 16.9. The molecule has 0 unspecified atom stereocenters. The number of benzene rings is 1. The monoisotopic (exact) mass is 345 g/mol. The molecule has 1 fully saturated rings. The Labute approximate surface area is 146 Å². The highest BCUT2D eigenvalue weighted by atomic mass is 35.5. The molecule has 24 heavy (non-hydrogen) atoms. The number of likely N-dealkylation sites (tertiary alicyclic amines) is 1. The van der Waals surface area contributed by atoms with Crippen LogP contribution < -0.4 is 4.74 Å². The van der Waals surface area contributed by atoms with Crippen molar-refractivity contribution in [1.29, 1.82) is 0 Å². The van der Waals surface area contributed by atoms with Gasteiger partial charge in [0.1, 0.15) is 11.9 Å². The summed E-state index contributed by atoms with van der Waals surface area (Å²) in [4.78, 5) is 22.5. The third kappa shape index (κ3) is 4.45. The number of hydrogen-bond donors (Lipinski definition) is 0. The number of nitrogens with zero attached hydrogens (tertiary/aromatic N) is 3. The first-order valence-corrected chi connectivity index (χ1v) is 8.46. The van der Waals surface area contributed by atoms with Gasteiger partial charge in [-0.05, 0) is 31.0 Å². The SMILES string of the molecule is Cc1nccc(O[C@@H]2CCN(C(=O)CCc3cccc(Cl)c3)C2)n1. The fraction of sp³-hybridized carbons (Fsp3) is 0.389. The molecule has 0 N–H and O–H groups in total. The number of carbonyl (C=O) groups is 1. The van der Waals surface area contributed by atoms with Gasteiger partial charge in [-0.1, -0.05) is 23.7 Å². The number of amides is 1. The Hall–Kier alpha value is -2.14. The zero-order valence-corrected chi connectivity index (χ0v) is 14.4. The van der Waals surface area contributed by atoms with Crippen LogP contribution in [0, 0.1) is 6.92 Å². The first-order valence-electron chi connectivity index (χ1n) is 8.08. The van der Waals surface area contributed by atoms with E-state index in [0.29, 0.717) is 36.1 Å². The molecule has 1 aromatic heterocycles. The van der Waals surface area contributed by atoms with Crippen LogP contribution in [-0.2, 0) is 11.2 Å². The fourth-order valence-electron chi connectivity index (χ4n) is 2.82. The average molecular weight is 346 g/mol. The predicted octanol–water partition coefficient (Wildman–Crippen LogP) is 3.05. The summed E-state index contributed by atoms with van der Waals surface area (Å²) in [6.07, 6.45) is 3.69. The molecule has 0 saturated carbocycles. The van der Waals surface area contributed by atoms with Gasteiger partial charge in [-0.3, -0.25) is 4.79 Å². The molecule has 2 heterocycles. The highest BCUT2D eigenvalue weighted by Gasteiger charge is 2.27. The maximum atomic E-state index is 12.4. The lowest BCUT2D eigenvalue weighted by Gasteiger charge is -2.17. The van der Waals surface area contributed by atoms with Crippen LogP contribution in [0.3, 0.4) is 0 Å². The smallest absolute Gasteiger partial charge is 0.223 e. The van der Waals surface area contributed by atoms with Crippen molar-refractivity contribution in [3.63, 3.8) is 0 Å². The molecule has 6 heteroatoms. The summed E-state index contributed by atoms with van der Waals surface area (Å²) in [5, 5.41) is 0.703. The second-order valence-electron chi connectivity index (χ2n) is 5.94. The summed E-state index contributed by atoms with van der Waals surface area (Å²) in [5.41, 5.74) is 1.08. The Balaban J connectivity index is 1.49. The number of halogens is 1. The number of carbonyl (C=O) groups excluding carboxylic acids is 1. The summed E-state index contributed by atoms with van der Waals surface area (Å²) < 4.78 is 5.85. The van der Waals surface area contributed by atoms with E-state index in [1.807, 2.05) is 36.1 Å². The van der Waals surface area contributed by atoms with Crippen molar-refractivity contribution in [2.24, 2.45) is 0 Å². The van der Waals surface area contributed by atoms with Gasteiger partial charge in [0.25, 0.3) is 0 Å². The number of ether oxygens (including phenoxy) is 1. The van der Waals surface area contributed by atoms with Gasteiger partial charge in [-0.25, -0.2) is 4.98 Å². The maximum absolute atomic E-state index is 12.4. The van der Waals surface area contributed by atoms with Gasteiger partial charge in [0, 0.05) is 36.7 Å². The fourth-order valence-corrected chi connectivity index (χ4v) is 3.04. The van der Waals surface area contributed by atoms with E-state index in [0.717, 1.165) is 18.5 Å². The van der Waals surface area contributed by atoms with Gasteiger partial charge in [0.15, 0.2) is 0 Å². The van der Waals surface area contributed by atoms with Crippen molar-refractivity contribution in [3.05, 3.63) is 52.9 Å². The molecule has 0 spiro atoms. The van der Waals surface area contributed by atoms with E-state index in [-0.39, 0.29) is 12.0 Å². The van der Waals surface area contributed by atoms with Crippen LogP contribution in [0.1, 0.15) is 24.2 Å². The summed E-state index contributed by atoms with van der Waals surface area (Å²) in [5.74, 6) is 1.40. The summed E-state index contributed by atoms with van der Waals surface area (Å²) in [6.45, 7) is 3.16. The van der Waals surface area contributed by atoms with Crippen molar-refractivity contribution < 1.29 is 9.53 Å². The third-order valence-corrected chi connectivity index (χ3v) is 4.29. The molecule has 0 aliphatic carbocycles. The van der Waals surface area contributed by atoms with Gasteiger partial charge in [0.2, 0.25) is 11.8 Å². The Kier molecular flexibility index (Phi) is 5.30. The minimum Gasteiger partial charge on any atom is -0.472 e. The lowest BCUT2D eigenvalue weighted by Crippen LogP contribution is -2.31. The van der Waals surface area contributed by atoms with E-state index < -0.39 is 0 Å². The van der Waals surface area contributed by atoms with E-state index in [2.05, 4.69) is 9.97 Å². The molecule has 1 aliphatic heterocycles. The zero-order valence-electron chi connectivity index (χ0n) is 13.6. The van der Waals surface area contributed by atoms with E-state index in [9.17, 15) is 4.79 Å². The molecule has 126 valence electrons. The lowest BCUT2D eigenvalue weighted by atomic mass is 10.1. The molecule has 2 aromatic rings. The summed E-state index contributed by atoms with van der Waals surface area (Å²) in [7, 11) is 0. The molecule has 1 aliphatic rings. The normalized spacial score (nSPS) is 17.1. The summed E-state index contributed by atoms with van der Waals surface area (Å²) in [6, 6.07) is 9.39. The molecular formula is C18H20ClN3O2. The number of rotatable bonds is 5. The second-order valence-corrected chi connectivity index (χ2v) is 6.38. The van der Waals surface area contributed by atoms with Crippen LogP contribution in [0.5, 0.6) is 5.88 Å². The Morgan fingerprint density at radius 3 is 3.08 bits per heavy atom. The molecule has 1 saturated heterocycles. The average Bonchev–Trinajstić information content (AvgIpc) is 3.01. The van der Waals surface area contributed by atoms with Crippen molar-refractivity contribution in [2.75, 3.05) is 13.1 Å². The van der Waals surface area contributed by atoms with E-state index in [4.69, 9.17) is 16.3 Å². The predicted molar refractivity (Wildman–Crippen MR) is 92.2 cm³/mol. The first kappa shape index (κ1) is 16.7. The molecule has 1 amide bonds. The third-order valence-electron chi connectivity index (χ3n) is 4.05. The highest BCUT2D eigenvalue weighted by molar-refractivity contribution is 6.30. The molecule has 1 aromatic carbocycles. The molecular weight excluding hydrogens is 326 g/mol. The van der Waals surface area contributed by atoms with E-state index in [1.54, 1.807) is 12.3 Å². The molecule has 0 radical (unpaired) electrons. The largest absolute Gasteiger partial charge is 0.472 e. The van der Waals surface area contributed by atoms with Gasteiger partial charge < -0.3 is 9.64 Å². The Morgan fingerprint density at radius 1 is 1.42 bits per heavy atom. The van der Waals surface area contributed by atoms with Crippen LogP contribution >= 0.6 is 11.6 Å². The number of aromatic nitrogens is 2.